The van der Waals surface area contributed by atoms with E-state index in [2.05, 4.69) is 26.7 Å². The number of hydrogen-bond donors (Lipinski definition) is 2. The highest BCUT2D eigenvalue weighted by atomic mass is 35.5. The number of pyridine rings is 2. The fourth-order valence-electron chi connectivity index (χ4n) is 3.88. The van der Waals surface area contributed by atoms with E-state index in [1.807, 2.05) is 25.1 Å². The number of fused-ring (bicyclic) bond motifs is 1. The molecule has 0 aliphatic carbocycles. The van der Waals surface area contributed by atoms with Gasteiger partial charge in [0.1, 0.15) is 24.2 Å². The minimum absolute atomic E-state index is 0.141. The summed E-state index contributed by atoms with van der Waals surface area (Å²) < 4.78 is 11.0. The summed E-state index contributed by atoms with van der Waals surface area (Å²) in [5.74, 6) is 0.481. The van der Waals surface area contributed by atoms with Gasteiger partial charge in [0.2, 0.25) is 5.91 Å². The summed E-state index contributed by atoms with van der Waals surface area (Å²) in [5.41, 5.74) is 3.10. The second-order valence-electron chi connectivity index (χ2n) is 9.49. The molecule has 0 bridgehead atoms. The van der Waals surface area contributed by atoms with Gasteiger partial charge in [0.05, 0.1) is 60.4 Å². The summed E-state index contributed by atoms with van der Waals surface area (Å²) in [6.45, 7) is 2.60. The summed E-state index contributed by atoms with van der Waals surface area (Å²) in [6.07, 6.45) is 5.98. The van der Waals surface area contributed by atoms with E-state index in [0.717, 1.165) is 5.69 Å². The lowest BCUT2D eigenvalue weighted by Gasteiger charge is -2.32. The molecule has 41 heavy (non-hydrogen) atoms. The Balaban J connectivity index is 1.64. The fraction of sp³-hybridized carbons (Fsp3) is 0.200. The van der Waals surface area contributed by atoms with E-state index in [9.17, 15) is 15.3 Å². The molecule has 10 nitrogen and oxygen atoms in total. The third-order valence-corrected chi connectivity index (χ3v) is 6.06. The van der Waals surface area contributed by atoms with Crippen molar-refractivity contribution in [2.45, 2.75) is 13.5 Å². The molecule has 0 atom stereocenters. The van der Waals surface area contributed by atoms with Gasteiger partial charge in [-0.1, -0.05) is 17.7 Å². The third kappa shape index (κ3) is 7.93. The SMILES string of the molecule is CCOc1cc2ncc(C#N)c(Nc3ccc(OCc4ccccn4)c(Cl)c3)c2cc1NC(=O)/C=C/C[N+](C)(C)[O-]. The predicted molar refractivity (Wildman–Crippen MR) is 159 cm³/mol. The molecule has 2 aromatic carbocycles. The normalized spacial score (nSPS) is 11.3. The molecule has 0 spiro atoms. The van der Waals surface area contributed by atoms with Crippen LogP contribution < -0.4 is 20.1 Å². The molecule has 2 N–H and O–H groups in total. The standard InChI is InChI=1S/C30H29ClN6O4/c1-4-40-28-16-25-23(15-26(28)36-29(38)9-7-13-37(2,3)39)30(20(17-32)18-34-25)35-21-10-11-27(24(31)14-21)41-19-22-8-5-6-12-33-22/h5-12,14-16,18H,4,13,19H2,1-3H3,(H,34,35)(H,36,38)/b9-7+. The molecule has 4 rings (SSSR count). The number of carbonyl (C=O) groups excluding carboxylic acids is 1. The van der Waals surface area contributed by atoms with Gasteiger partial charge in [-0.3, -0.25) is 14.8 Å². The first kappa shape index (κ1) is 29.3. The Hall–Kier alpha value is -4.69. The first-order valence-electron chi connectivity index (χ1n) is 12.8. The van der Waals surface area contributed by atoms with E-state index >= 15 is 0 Å². The molecule has 0 saturated carbocycles. The summed E-state index contributed by atoms with van der Waals surface area (Å²) in [7, 11) is 2.98. The van der Waals surface area contributed by atoms with Crippen molar-refractivity contribution in [2.24, 2.45) is 0 Å². The van der Waals surface area contributed by atoms with Crippen LogP contribution in [0.5, 0.6) is 11.5 Å². The Bertz CT molecular complexity index is 1610. The number of aromatic nitrogens is 2. The maximum Gasteiger partial charge on any atom is 0.248 e. The maximum atomic E-state index is 12.6. The summed E-state index contributed by atoms with van der Waals surface area (Å²) in [6, 6.07) is 16.3. The van der Waals surface area contributed by atoms with E-state index in [-0.39, 0.29) is 13.2 Å². The zero-order chi connectivity index (χ0) is 29.4. The molecule has 0 aliphatic heterocycles. The Morgan fingerprint density at radius 2 is 1.98 bits per heavy atom. The largest absolute Gasteiger partial charge is 0.633 e. The van der Waals surface area contributed by atoms with Gasteiger partial charge in [-0.05, 0) is 49.4 Å². The minimum atomic E-state index is -0.553. The van der Waals surface area contributed by atoms with Gasteiger partial charge < -0.3 is 30.0 Å². The molecule has 4 aromatic rings. The lowest BCUT2D eigenvalue weighted by molar-refractivity contribution is -0.833. The van der Waals surface area contributed by atoms with Crippen LogP contribution in [0.4, 0.5) is 17.1 Å². The average molecular weight is 573 g/mol. The third-order valence-electron chi connectivity index (χ3n) is 5.76. The van der Waals surface area contributed by atoms with Crippen molar-refractivity contribution in [1.29, 1.82) is 5.26 Å². The number of hydrogen-bond acceptors (Lipinski definition) is 8. The second-order valence-corrected chi connectivity index (χ2v) is 9.89. The highest BCUT2D eigenvalue weighted by molar-refractivity contribution is 6.32. The highest BCUT2D eigenvalue weighted by Crippen LogP contribution is 2.37. The fourth-order valence-corrected chi connectivity index (χ4v) is 4.11. The van der Waals surface area contributed by atoms with E-state index in [1.165, 1.54) is 32.4 Å². The van der Waals surface area contributed by atoms with Crippen LogP contribution in [0.15, 0.2) is 73.1 Å². The monoisotopic (exact) mass is 572 g/mol. The van der Waals surface area contributed by atoms with Gasteiger partial charge in [-0.15, -0.1) is 0 Å². The quantitative estimate of drug-likeness (QED) is 0.128. The van der Waals surface area contributed by atoms with Crippen LogP contribution in [0.25, 0.3) is 10.9 Å². The van der Waals surface area contributed by atoms with Crippen LogP contribution in [-0.4, -0.2) is 47.8 Å². The molecular formula is C30H29ClN6O4. The molecule has 0 aliphatic rings. The Morgan fingerprint density at radius 1 is 1.15 bits per heavy atom. The summed E-state index contributed by atoms with van der Waals surface area (Å²) in [5, 5.41) is 28.7. The first-order valence-corrected chi connectivity index (χ1v) is 13.1. The van der Waals surface area contributed by atoms with Crippen LogP contribution in [0, 0.1) is 16.5 Å². The van der Waals surface area contributed by atoms with Crippen LogP contribution >= 0.6 is 11.6 Å². The maximum absolute atomic E-state index is 12.6. The van der Waals surface area contributed by atoms with Gasteiger partial charge >= 0.3 is 0 Å². The molecule has 0 fully saturated rings. The molecule has 0 saturated heterocycles. The Kier molecular flexibility index (Phi) is 9.37. The zero-order valence-corrected chi connectivity index (χ0v) is 23.6. The zero-order valence-electron chi connectivity index (χ0n) is 22.8. The number of benzene rings is 2. The number of amides is 1. The molecule has 11 heteroatoms. The van der Waals surface area contributed by atoms with Crippen LogP contribution in [-0.2, 0) is 11.4 Å². The smallest absolute Gasteiger partial charge is 0.248 e. The van der Waals surface area contributed by atoms with Crippen molar-refractivity contribution in [2.75, 3.05) is 37.9 Å². The molecule has 2 heterocycles. The van der Waals surface area contributed by atoms with Crippen molar-refractivity contribution in [1.82, 2.24) is 9.97 Å². The van der Waals surface area contributed by atoms with Gasteiger partial charge in [-0.2, -0.15) is 5.26 Å². The summed E-state index contributed by atoms with van der Waals surface area (Å²) >= 11 is 6.51. The van der Waals surface area contributed by atoms with Crippen LogP contribution in [0.1, 0.15) is 18.2 Å². The second kappa shape index (κ2) is 13.1. The molecule has 1 amide bonds. The van der Waals surface area contributed by atoms with Gasteiger partial charge in [0, 0.05) is 35.6 Å². The van der Waals surface area contributed by atoms with Crippen molar-refractivity contribution in [3.8, 4) is 17.6 Å². The molecule has 0 radical (unpaired) electrons. The molecule has 210 valence electrons. The van der Waals surface area contributed by atoms with Crippen LogP contribution in [0.2, 0.25) is 5.02 Å². The number of anilines is 3. The van der Waals surface area contributed by atoms with Gasteiger partial charge in [0.15, 0.2) is 0 Å². The number of nitrogens with one attached hydrogen (secondary N) is 2. The van der Waals surface area contributed by atoms with E-state index in [4.69, 9.17) is 21.1 Å². The molecule has 0 unspecified atom stereocenters. The first-order chi connectivity index (χ1) is 19.7. The number of quaternary nitrogens is 1. The highest BCUT2D eigenvalue weighted by Gasteiger charge is 2.16. The van der Waals surface area contributed by atoms with Crippen molar-refractivity contribution < 1.29 is 18.9 Å². The molecule has 2 aromatic heterocycles. The average Bonchev–Trinajstić information content (AvgIpc) is 2.93. The van der Waals surface area contributed by atoms with Crippen molar-refractivity contribution in [3.63, 3.8) is 0 Å². The molecular weight excluding hydrogens is 544 g/mol. The Labute approximate surface area is 243 Å². The van der Waals surface area contributed by atoms with E-state index < -0.39 is 10.6 Å². The lowest BCUT2D eigenvalue weighted by Crippen LogP contribution is -2.32. The van der Waals surface area contributed by atoms with Gasteiger partial charge in [0.25, 0.3) is 0 Å². The minimum Gasteiger partial charge on any atom is -0.633 e. The van der Waals surface area contributed by atoms with Gasteiger partial charge in [-0.25, -0.2) is 0 Å². The van der Waals surface area contributed by atoms with Crippen molar-refractivity contribution in [3.05, 3.63) is 94.6 Å². The van der Waals surface area contributed by atoms with Crippen molar-refractivity contribution >= 4 is 45.5 Å². The number of nitriles is 1. The van der Waals surface area contributed by atoms with Crippen LogP contribution in [0.3, 0.4) is 0 Å². The Morgan fingerprint density at radius 3 is 2.66 bits per heavy atom. The van der Waals surface area contributed by atoms with E-state index in [1.54, 1.807) is 36.5 Å². The number of hydroxylamine groups is 3. The number of rotatable bonds is 11. The lowest BCUT2D eigenvalue weighted by atomic mass is 10.1. The number of ether oxygens (including phenoxy) is 2. The number of likely N-dealkylation sites (N-methyl/N-ethyl adjacent to an activating group) is 1. The number of nitrogens with zero attached hydrogens (tertiary/aromatic N) is 4. The number of carbonyl (C=O) groups is 1. The van der Waals surface area contributed by atoms with E-state index in [0.29, 0.717) is 56.7 Å². The topological polar surface area (TPSA) is 132 Å². The summed E-state index contributed by atoms with van der Waals surface area (Å²) in [4.78, 5) is 21.3. The predicted octanol–water partition coefficient (Wildman–Crippen LogP) is 5.95. The number of halogens is 1.